The minimum Gasteiger partial charge on any atom is -0.319 e. The lowest BCUT2D eigenvalue weighted by atomic mass is 10.2. The molecule has 2 aromatic rings. The van der Waals surface area contributed by atoms with Crippen LogP contribution in [-0.2, 0) is 0 Å². The van der Waals surface area contributed by atoms with Crippen LogP contribution in [0.3, 0.4) is 0 Å². The summed E-state index contributed by atoms with van der Waals surface area (Å²) < 4.78 is 26.4. The quantitative estimate of drug-likeness (QED) is 0.536. The predicted octanol–water partition coefficient (Wildman–Crippen LogP) is 3.17. The SMILES string of the molecule is O=C(Nc1cc(F)ccc1F)c1cc(Cl)ncc1[N+](=O)[O-]. The van der Waals surface area contributed by atoms with Gasteiger partial charge in [-0.05, 0) is 18.2 Å². The van der Waals surface area contributed by atoms with E-state index in [9.17, 15) is 23.7 Å². The molecule has 0 saturated carbocycles. The van der Waals surface area contributed by atoms with Crippen LogP contribution < -0.4 is 5.32 Å². The molecule has 0 radical (unpaired) electrons. The van der Waals surface area contributed by atoms with Crippen molar-refractivity contribution in [3.8, 4) is 0 Å². The third-order valence-corrected chi connectivity index (χ3v) is 2.67. The zero-order valence-electron chi connectivity index (χ0n) is 10.1. The Morgan fingerprint density at radius 3 is 2.71 bits per heavy atom. The van der Waals surface area contributed by atoms with E-state index in [1.807, 2.05) is 5.32 Å². The van der Waals surface area contributed by atoms with E-state index in [0.717, 1.165) is 30.5 Å². The fraction of sp³-hybridized carbons (Fsp3) is 0. The lowest BCUT2D eigenvalue weighted by molar-refractivity contribution is -0.385. The lowest BCUT2D eigenvalue weighted by Gasteiger charge is -2.07. The number of nitrogens with one attached hydrogen (secondary N) is 1. The topological polar surface area (TPSA) is 85.1 Å². The number of hydrogen-bond acceptors (Lipinski definition) is 4. The van der Waals surface area contributed by atoms with Gasteiger partial charge in [-0.3, -0.25) is 14.9 Å². The van der Waals surface area contributed by atoms with E-state index in [4.69, 9.17) is 11.6 Å². The van der Waals surface area contributed by atoms with Gasteiger partial charge in [0, 0.05) is 6.07 Å². The van der Waals surface area contributed by atoms with Crippen LogP contribution in [0.5, 0.6) is 0 Å². The van der Waals surface area contributed by atoms with E-state index in [0.29, 0.717) is 0 Å². The minimum atomic E-state index is -1.00. The Balaban J connectivity index is 2.39. The molecule has 1 aromatic heterocycles. The Morgan fingerprint density at radius 2 is 2.05 bits per heavy atom. The fourth-order valence-corrected chi connectivity index (χ4v) is 1.69. The van der Waals surface area contributed by atoms with Gasteiger partial charge in [0.1, 0.15) is 28.5 Å². The first-order valence-corrected chi connectivity index (χ1v) is 5.82. The summed E-state index contributed by atoms with van der Waals surface area (Å²) in [4.78, 5) is 25.4. The maximum absolute atomic E-state index is 13.4. The number of halogens is 3. The second-order valence-corrected chi connectivity index (χ2v) is 4.25. The molecule has 0 aliphatic carbocycles. The van der Waals surface area contributed by atoms with Gasteiger partial charge in [-0.2, -0.15) is 0 Å². The van der Waals surface area contributed by atoms with Gasteiger partial charge in [-0.1, -0.05) is 11.6 Å². The monoisotopic (exact) mass is 313 g/mol. The number of nitro groups is 1. The molecule has 0 spiro atoms. The normalized spacial score (nSPS) is 10.2. The molecule has 1 heterocycles. The second kappa shape index (κ2) is 5.80. The standard InChI is InChI=1S/C12H6ClF2N3O3/c13-11-4-7(10(5-16-11)18(20)21)12(19)17-9-3-6(14)1-2-8(9)15/h1-5H,(H,17,19). The molecule has 1 amide bonds. The molecule has 0 aliphatic rings. The highest BCUT2D eigenvalue weighted by atomic mass is 35.5. The van der Waals surface area contributed by atoms with Crippen molar-refractivity contribution in [2.45, 2.75) is 0 Å². The number of rotatable bonds is 3. The second-order valence-electron chi connectivity index (χ2n) is 3.86. The Labute approximate surface area is 121 Å². The molecule has 1 aromatic carbocycles. The number of anilines is 1. The molecule has 108 valence electrons. The van der Waals surface area contributed by atoms with Gasteiger partial charge in [0.15, 0.2) is 0 Å². The molecule has 2 rings (SSSR count). The van der Waals surface area contributed by atoms with Crippen LogP contribution in [0, 0.1) is 21.7 Å². The van der Waals surface area contributed by atoms with Crippen molar-refractivity contribution < 1.29 is 18.5 Å². The van der Waals surface area contributed by atoms with Crippen LogP contribution in [0.1, 0.15) is 10.4 Å². The average molecular weight is 314 g/mol. The van der Waals surface area contributed by atoms with E-state index in [2.05, 4.69) is 4.98 Å². The van der Waals surface area contributed by atoms with Crippen molar-refractivity contribution in [2.75, 3.05) is 5.32 Å². The molecule has 1 N–H and O–H groups in total. The van der Waals surface area contributed by atoms with Gasteiger partial charge in [-0.25, -0.2) is 13.8 Å². The highest BCUT2D eigenvalue weighted by Crippen LogP contribution is 2.23. The summed E-state index contributed by atoms with van der Waals surface area (Å²) in [6, 6.07) is 3.41. The van der Waals surface area contributed by atoms with Crippen LogP contribution in [0.15, 0.2) is 30.5 Å². The van der Waals surface area contributed by atoms with E-state index in [-0.39, 0.29) is 5.15 Å². The van der Waals surface area contributed by atoms with Crippen LogP contribution in [0.4, 0.5) is 20.2 Å². The van der Waals surface area contributed by atoms with E-state index < -0.39 is 39.4 Å². The summed E-state index contributed by atoms with van der Waals surface area (Å²) in [5, 5.41) is 12.7. The average Bonchev–Trinajstić information content (AvgIpc) is 2.42. The number of amides is 1. The van der Waals surface area contributed by atoms with Crippen molar-refractivity contribution >= 4 is 28.9 Å². The van der Waals surface area contributed by atoms with Crippen molar-refractivity contribution in [2.24, 2.45) is 0 Å². The number of pyridine rings is 1. The lowest BCUT2D eigenvalue weighted by Crippen LogP contribution is -2.15. The number of carbonyl (C=O) groups excluding carboxylic acids is 1. The maximum atomic E-state index is 13.4. The van der Waals surface area contributed by atoms with E-state index in [1.54, 1.807) is 0 Å². The van der Waals surface area contributed by atoms with Gasteiger partial charge in [0.2, 0.25) is 0 Å². The van der Waals surface area contributed by atoms with Crippen LogP contribution >= 0.6 is 11.6 Å². The van der Waals surface area contributed by atoms with E-state index >= 15 is 0 Å². The molecule has 0 saturated heterocycles. The molecule has 21 heavy (non-hydrogen) atoms. The van der Waals surface area contributed by atoms with Crippen molar-refractivity contribution in [3.63, 3.8) is 0 Å². The summed E-state index contributed by atoms with van der Waals surface area (Å²) >= 11 is 5.58. The number of benzene rings is 1. The van der Waals surface area contributed by atoms with Crippen molar-refractivity contribution in [1.82, 2.24) is 4.98 Å². The number of hydrogen-bond donors (Lipinski definition) is 1. The first-order chi connectivity index (χ1) is 9.88. The Morgan fingerprint density at radius 1 is 1.33 bits per heavy atom. The summed E-state index contributed by atoms with van der Waals surface area (Å²) in [5.74, 6) is -2.66. The zero-order chi connectivity index (χ0) is 15.6. The molecule has 0 atom stereocenters. The summed E-state index contributed by atoms with van der Waals surface area (Å²) in [6.07, 6.45) is 0.805. The third kappa shape index (κ3) is 3.29. The number of aromatic nitrogens is 1. The van der Waals surface area contributed by atoms with Gasteiger partial charge in [-0.15, -0.1) is 0 Å². The molecule has 0 aliphatic heterocycles. The molecule has 0 unspecified atom stereocenters. The Kier molecular flexibility index (Phi) is 4.08. The van der Waals surface area contributed by atoms with E-state index in [1.165, 1.54) is 0 Å². The third-order valence-electron chi connectivity index (χ3n) is 2.47. The van der Waals surface area contributed by atoms with Crippen LogP contribution in [-0.4, -0.2) is 15.8 Å². The fourth-order valence-electron chi connectivity index (χ4n) is 1.53. The van der Waals surface area contributed by atoms with Gasteiger partial charge in [0.25, 0.3) is 11.6 Å². The zero-order valence-corrected chi connectivity index (χ0v) is 10.9. The summed E-state index contributed by atoms with van der Waals surface area (Å²) in [7, 11) is 0. The molecular formula is C12H6ClF2N3O3. The first kappa shape index (κ1) is 14.8. The van der Waals surface area contributed by atoms with Crippen molar-refractivity contribution in [1.29, 1.82) is 0 Å². The van der Waals surface area contributed by atoms with Crippen LogP contribution in [0.2, 0.25) is 5.15 Å². The molecule has 0 fully saturated rings. The molecule has 0 bridgehead atoms. The highest BCUT2D eigenvalue weighted by molar-refractivity contribution is 6.30. The summed E-state index contributed by atoms with van der Waals surface area (Å²) in [6.45, 7) is 0. The first-order valence-electron chi connectivity index (χ1n) is 5.45. The maximum Gasteiger partial charge on any atom is 0.300 e. The largest absolute Gasteiger partial charge is 0.319 e. The summed E-state index contributed by atoms with van der Waals surface area (Å²) in [5.41, 5.74) is -1.46. The minimum absolute atomic E-state index is 0.148. The molecular weight excluding hydrogens is 308 g/mol. The predicted molar refractivity (Wildman–Crippen MR) is 70.2 cm³/mol. The smallest absolute Gasteiger partial charge is 0.300 e. The van der Waals surface area contributed by atoms with Gasteiger partial charge in [0.05, 0.1) is 10.6 Å². The van der Waals surface area contributed by atoms with Crippen molar-refractivity contribution in [3.05, 3.63) is 62.9 Å². The Hall–Kier alpha value is -2.61. The molecule has 6 nitrogen and oxygen atoms in total. The van der Waals surface area contributed by atoms with Crippen LogP contribution in [0.25, 0.3) is 0 Å². The highest BCUT2D eigenvalue weighted by Gasteiger charge is 2.22. The van der Waals surface area contributed by atoms with Gasteiger partial charge >= 0.3 is 0 Å². The molecule has 9 heteroatoms. The number of carbonyl (C=O) groups is 1. The van der Waals surface area contributed by atoms with Gasteiger partial charge < -0.3 is 5.32 Å². The number of nitrogens with zero attached hydrogens (tertiary/aromatic N) is 2. The Bertz CT molecular complexity index is 740.